The first-order valence-corrected chi connectivity index (χ1v) is 10.7. The number of fused-ring (bicyclic) bond motifs is 1. The molecule has 0 fully saturated rings. The second-order valence-corrected chi connectivity index (χ2v) is 7.79. The van der Waals surface area contributed by atoms with Crippen LogP contribution in [0, 0.1) is 10.1 Å². The fourth-order valence-corrected chi connectivity index (χ4v) is 4.02. The second kappa shape index (κ2) is 9.78. The molecule has 0 radical (unpaired) electrons. The van der Waals surface area contributed by atoms with E-state index in [1.807, 2.05) is 21.7 Å². The monoisotopic (exact) mass is 399 g/mol. The highest BCUT2D eigenvalue weighted by Crippen LogP contribution is 2.34. The largest absolute Gasteiger partial charge is 0.396 e. The van der Waals surface area contributed by atoms with E-state index in [4.69, 9.17) is 0 Å². The van der Waals surface area contributed by atoms with E-state index in [2.05, 4.69) is 11.9 Å². The molecule has 1 aromatic heterocycles. The molecule has 0 amide bonds. The number of hydrogen-bond donors (Lipinski definition) is 1. The Hall–Kier alpha value is -2.54. The van der Waals surface area contributed by atoms with Crippen molar-refractivity contribution in [2.75, 3.05) is 11.4 Å². The number of aliphatic hydroxyl groups is 1. The molecule has 1 aliphatic rings. The number of non-ortho nitro benzene ring substituents is 1. The van der Waals surface area contributed by atoms with E-state index in [0.29, 0.717) is 18.7 Å². The van der Waals surface area contributed by atoms with Gasteiger partial charge in [-0.25, -0.2) is 9.47 Å². The van der Waals surface area contributed by atoms with Crippen LogP contribution in [-0.4, -0.2) is 21.6 Å². The molecule has 0 aliphatic carbocycles. The molecule has 7 heteroatoms. The smallest absolute Gasteiger partial charge is 0.353 e. The van der Waals surface area contributed by atoms with Crippen molar-refractivity contribution in [3.63, 3.8) is 0 Å². The van der Waals surface area contributed by atoms with Gasteiger partial charge in [0.1, 0.15) is 12.7 Å². The predicted molar refractivity (Wildman–Crippen MR) is 111 cm³/mol. The van der Waals surface area contributed by atoms with Crippen LogP contribution in [0.1, 0.15) is 63.9 Å². The van der Waals surface area contributed by atoms with Crippen LogP contribution in [0.2, 0.25) is 0 Å². The number of nitro groups is 1. The van der Waals surface area contributed by atoms with Crippen molar-refractivity contribution in [1.82, 2.24) is 4.98 Å². The van der Waals surface area contributed by atoms with E-state index in [-0.39, 0.29) is 5.69 Å². The summed E-state index contributed by atoms with van der Waals surface area (Å²) in [4.78, 5) is 16.9. The Morgan fingerprint density at radius 2 is 1.79 bits per heavy atom. The van der Waals surface area contributed by atoms with Gasteiger partial charge < -0.3 is 5.11 Å². The Kier molecular flexibility index (Phi) is 7.14. The molecular formula is C22H31N4O3+. The van der Waals surface area contributed by atoms with Crippen molar-refractivity contribution < 1.29 is 14.6 Å². The lowest BCUT2D eigenvalue weighted by Crippen LogP contribution is -2.46. The van der Waals surface area contributed by atoms with Gasteiger partial charge in [-0.15, -0.1) is 0 Å². The summed E-state index contributed by atoms with van der Waals surface area (Å²) in [6.45, 7) is 3.27. The van der Waals surface area contributed by atoms with Gasteiger partial charge in [0.15, 0.2) is 0 Å². The van der Waals surface area contributed by atoms with Gasteiger partial charge in [-0.1, -0.05) is 56.9 Å². The van der Waals surface area contributed by atoms with Gasteiger partial charge in [0.05, 0.1) is 17.7 Å². The van der Waals surface area contributed by atoms with Crippen LogP contribution in [0.3, 0.4) is 0 Å². The molecule has 3 rings (SSSR count). The molecule has 2 aromatic rings. The maximum Gasteiger partial charge on any atom is 0.396 e. The number of nitrogens with zero attached hydrogens (tertiary/aromatic N) is 4. The molecule has 1 N–H and O–H groups in total. The van der Waals surface area contributed by atoms with Crippen LogP contribution < -0.4 is 9.47 Å². The van der Waals surface area contributed by atoms with Gasteiger partial charge in [0.2, 0.25) is 5.72 Å². The lowest BCUT2D eigenvalue weighted by atomic mass is 10.0. The van der Waals surface area contributed by atoms with E-state index in [9.17, 15) is 15.2 Å². The molecule has 0 unspecified atom stereocenters. The summed E-state index contributed by atoms with van der Waals surface area (Å²) in [6.07, 6.45) is 13.4. The van der Waals surface area contributed by atoms with Crippen LogP contribution in [0.15, 0.2) is 42.7 Å². The summed E-state index contributed by atoms with van der Waals surface area (Å²) < 4.78 is 1.94. The van der Waals surface area contributed by atoms with Crippen LogP contribution >= 0.6 is 0 Å². The normalized spacial score (nSPS) is 18.1. The third-order valence-corrected chi connectivity index (χ3v) is 5.65. The highest BCUT2D eigenvalue weighted by molar-refractivity contribution is 5.41. The zero-order chi connectivity index (χ0) is 20.7. The SMILES string of the molecule is CCCCCCCCCCN1c2nccc[n+]2C[C@@]1(O)c1ccc([N+](=O)[O-])cc1. The number of benzene rings is 1. The molecule has 0 saturated heterocycles. The quantitative estimate of drug-likeness (QED) is 0.266. The average Bonchev–Trinajstić information content (AvgIpc) is 3.02. The molecule has 7 nitrogen and oxygen atoms in total. The summed E-state index contributed by atoms with van der Waals surface area (Å²) in [7, 11) is 0. The Morgan fingerprint density at radius 3 is 2.45 bits per heavy atom. The van der Waals surface area contributed by atoms with Crippen molar-refractivity contribution in [1.29, 1.82) is 0 Å². The second-order valence-electron chi connectivity index (χ2n) is 7.79. The third-order valence-electron chi connectivity index (χ3n) is 5.65. The number of nitro benzene ring substituents is 1. The fourth-order valence-electron chi connectivity index (χ4n) is 4.02. The standard InChI is InChI=1S/C22H31N4O3/c1-2-3-4-5-6-7-8-9-17-25-21-23-15-10-16-24(21)18-22(25,27)19-11-13-20(14-12-19)26(28)29/h10-16,27H,2-9,17-18H2,1H3/q+1/t22-/m1/s1. The summed E-state index contributed by atoms with van der Waals surface area (Å²) in [6, 6.07) is 8.03. The van der Waals surface area contributed by atoms with Crippen molar-refractivity contribution in [3.8, 4) is 0 Å². The van der Waals surface area contributed by atoms with Gasteiger partial charge in [0, 0.05) is 23.8 Å². The van der Waals surface area contributed by atoms with Crippen LogP contribution in [0.25, 0.3) is 0 Å². The summed E-state index contributed by atoms with van der Waals surface area (Å²) in [5, 5.41) is 22.5. The fraction of sp³-hybridized carbons (Fsp3) is 0.545. The van der Waals surface area contributed by atoms with Crippen LogP contribution in [0.4, 0.5) is 11.6 Å². The van der Waals surface area contributed by atoms with Gasteiger partial charge in [-0.2, -0.15) is 0 Å². The van der Waals surface area contributed by atoms with Gasteiger partial charge in [-0.05, 0) is 18.6 Å². The van der Waals surface area contributed by atoms with E-state index in [1.165, 1.54) is 50.7 Å². The number of unbranched alkanes of at least 4 members (excludes halogenated alkanes) is 7. The highest BCUT2D eigenvalue weighted by Gasteiger charge is 2.51. The summed E-state index contributed by atoms with van der Waals surface area (Å²) >= 11 is 0. The molecular weight excluding hydrogens is 368 g/mol. The van der Waals surface area contributed by atoms with Crippen LogP contribution in [0.5, 0.6) is 0 Å². The first-order valence-electron chi connectivity index (χ1n) is 10.7. The minimum atomic E-state index is -1.25. The number of rotatable bonds is 11. The zero-order valence-corrected chi connectivity index (χ0v) is 17.2. The number of hydrogen-bond acceptors (Lipinski definition) is 5. The molecule has 1 aromatic carbocycles. The first-order chi connectivity index (χ1) is 14.1. The van der Waals surface area contributed by atoms with Gasteiger partial charge >= 0.3 is 5.95 Å². The molecule has 1 atom stereocenters. The topological polar surface area (TPSA) is 83.4 Å². The molecule has 0 bridgehead atoms. The van der Waals surface area contributed by atoms with Crippen molar-refractivity contribution in [2.24, 2.45) is 0 Å². The summed E-state index contributed by atoms with van der Waals surface area (Å²) in [5.74, 6) is 0.733. The van der Waals surface area contributed by atoms with E-state index in [1.54, 1.807) is 18.3 Å². The molecule has 0 spiro atoms. The third kappa shape index (κ3) is 4.90. The average molecular weight is 400 g/mol. The van der Waals surface area contributed by atoms with E-state index >= 15 is 0 Å². The van der Waals surface area contributed by atoms with Crippen molar-refractivity contribution in [2.45, 2.75) is 70.6 Å². The Balaban J connectivity index is 1.67. The molecule has 1 aliphatic heterocycles. The lowest BCUT2D eigenvalue weighted by Gasteiger charge is -2.28. The number of aromatic nitrogens is 2. The number of anilines is 1. The van der Waals surface area contributed by atoms with Gasteiger partial charge in [0.25, 0.3) is 5.69 Å². The predicted octanol–water partition coefficient (Wildman–Crippen LogP) is 4.08. The maximum atomic E-state index is 11.6. The Bertz CT molecular complexity index is 812. The molecule has 0 saturated carbocycles. The summed E-state index contributed by atoms with van der Waals surface area (Å²) in [5.41, 5.74) is -0.584. The minimum absolute atomic E-state index is 0.0215. The molecule has 29 heavy (non-hydrogen) atoms. The molecule has 2 heterocycles. The van der Waals surface area contributed by atoms with Gasteiger partial charge in [-0.3, -0.25) is 10.1 Å². The molecule has 156 valence electrons. The van der Waals surface area contributed by atoms with E-state index in [0.717, 1.165) is 18.8 Å². The highest BCUT2D eigenvalue weighted by atomic mass is 16.6. The maximum absolute atomic E-state index is 11.6. The van der Waals surface area contributed by atoms with Crippen LogP contribution in [-0.2, 0) is 12.3 Å². The van der Waals surface area contributed by atoms with E-state index < -0.39 is 10.6 Å². The zero-order valence-electron chi connectivity index (χ0n) is 17.2. The van der Waals surface area contributed by atoms with Crippen molar-refractivity contribution in [3.05, 3.63) is 58.4 Å². The van der Waals surface area contributed by atoms with Crippen molar-refractivity contribution >= 4 is 11.6 Å². The Morgan fingerprint density at radius 1 is 1.14 bits per heavy atom. The minimum Gasteiger partial charge on any atom is -0.353 e. The first kappa shape index (κ1) is 21.2. The Labute approximate surface area is 172 Å². The lowest BCUT2D eigenvalue weighted by molar-refractivity contribution is -0.685.